The SMILES string of the molecule is Cc1ccc(Nc2ccc[nH]c2=S)nc1. The molecule has 2 N–H and O–H groups in total. The van der Waals surface area contributed by atoms with Crippen LogP contribution in [0.4, 0.5) is 11.5 Å². The van der Waals surface area contributed by atoms with Gasteiger partial charge >= 0.3 is 0 Å². The fraction of sp³-hybridized carbons (Fsp3) is 0.0909. The molecule has 0 aliphatic heterocycles. The molecule has 4 heteroatoms. The highest BCUT2D eigenvalue weighted by atomic mass is 32.1. The van der Waals surface area contributed by atoms with E-state index in [2.05, 4.69) is 15.3 Å². The van der Waals surface area contributed by atoms with Crippen LogP contribution in [0.3, 0.4) is 0 Å². The van der Waals surface area contributed by atoms with Crippen molar-refractivity contribution >= 4 is 23.7 Å². The van der Waals surface area contributed by atoms with Crippen LogP contribution in [0.1, 0.15) is 5.56 Å². The summed E-state index contributed by atoms with van der Waals surface area (Å²) in [5.41, 5.74) is 2.00. The summed E-state index contributed by atoms with van der Waals surface area (Å²) in [6.07, 6.45) is 3.62. The van der Waals surface area contributed by atoms with Crippen molar-refractivity contribution in [1.29, 1.82) is 0 Å². The lowest BCUT2D eigenvalue weighted by atomic mass is 10.3. The number of hydrogen-bond donors (Lipinski definition) is 2. The molecule has 0 atom stereocenters. The van der Waals surface area contributed by atoms with E-state index in [4.69, 9.17) is 12.2 Å². The summed E-state index contributed by atoms with van der Waals surface area (Å²) in [7, 11) is 0. The van der Waals surface area contributed by atoms with Crippen LogP contribution in [-0.4, -0.2) is 9.97 Å². The molecule has 2 heterocycles. The van der Waals surface area contributed by atoms with Gasteiger partial charge in [0.15, 0.2) is 0 Å². The zero-order valence-corrected chi connectivity index (χ0v) is 9.14. The Labute approximate surface area is 93.2 Å². The molecule has 0 aliphatic rings. The maximum absolute atomic E-state index is 5.13. The van der Waals surface area contributed by atoms with Gasteiger partial charge < -0.3 is 10.3 Å². The van der Waals surface area contributed by atoms with Crippen molar-refractivity contribution in [3.8, 4) is 0 Å². The molecule has 2 aromatic heterocycles. The topological polar surface area (TPSA) is 40.7 Å². The molecule has 0 amide bonds. The third-order valence-corrected chi connectivity index (χ3v) is 2.33. The highest BCUT2D eigenvalue weighted by molar-refractivity contribution is 7.71. The molecule has 2 aromatic rings. The fourth-order valence-electron chi connectivity index (χ4n) is 1.20. The number of H-pyrrole nitrogens is 1. The van der Waals surface area contributed by atoms with E-state index in [9.17, 15) is 0 Å². The standard InChI is InChI=1S/C11H11N3S/c1-8-4-5-10(13-7-8)14-9-3-2-6-12-11(9)15/h2-7H,1H3,(H,12,15)(H,13,14). The maximum Gasteiger partial charge on any atom is 0.130 e. The van der Waals surface area contributed by atoms with Gasteiger partial charge in [-0.25, -0.2) is 4.98 Å². The Kier molecular flexibility index (Phi) is 2.78. The van der Waals surface area contributed by atoms with Gasteiger partial charge in [0.05, 0.1) is 5.69 Å². The number of aromatic amines is 1. The zero-order chi connectivity index (χ0) is 10.7. The monoisotopic (exact) mass is 217 g/mol. The number of pyridine rings is 2. The van der Waals surface area contributed by atoms with E-state index in [1.54, 1.807) is 6.20 Å². The van der Waals surface area contributed by atoms with Gasteiger partial charge in [0.1, 0.15) is 10.5 Å². The molecule has 0 spiro atoms. The number of anilines is 2. The lowest BCUT2D eigenvalue weighted by Crippen LogP contribution is -1.94. The number of aromatic nitrogens is 2. The normalized spacial score (nSPS) is 9.93. The predicted octanol–water partition coefficient (Wildman–Crippen LogP) is 3.19. The summed E-state index contributed by atoms with van der Waals surface area (Å²) in [6, 6.07) is 7.74. The van der Waals surface area contributed by atoms with Crippen molar-refractivity contribution in [2.24, 2.45) is 0 Å². The Morgan fingerprint density at radius 1 is 1.33 bits per heavy atom. The van der Waals surface area contributed by atoms with E-state index in [-0.39, 0.29) is 0 Å². The van der Waals surface area contributed by atoms with Crippen LogP contribution in [-0.2, 0) is 0 Å². The van der Waals surface area contributed by atoms with E-state index in [0.717, 1.165) is 17.1 Å². The van der Waals surface area contributed by atoms with Crippen LogP contribution in [0.15, 0.2) is 36.7 Å². The first-order chi connectivity index (χ1) is 7.25. The third kappa shape index (κ3) is 2.41. The Morgan fingerprint density at radius 3 is 2.87 bits per heavy atom. The Hall–Kier alpha value is -1.68. The lowest BCUT2D eigenvalue weighted by molar-refractivity contribution is 1.24. The van der Waals surface area contributed by atoms with E-state index < -0.39 is 0 Å². The van der Waals surface area contributed by atoms with Crippen molar-refractivity contribution in [3.63, 3.8) is 0 Å². The first kappa shape index (κ1) is 9.86. The van der Waals surface area contributed by atoms with Gasteiger partial charge in [0, 0.05) is 12.4 Å². The van der Waals surface area contributed by atoms with E-state index in [0.29, 0.717) is 4.64 Å². The van der Waals surface area contributed by atoms with Gasteiger partial charge in [-0.15, -0.1) is 0 Å². The van der Waals surface area contributed by atoms with Gasteiger partial charge in [-0.2, -0.15) is 0 Å². The van der Waals surface area contributed by atoms with Crippen LogP contribution in [0.2, 0.25) is 0 Å². The van der Waals surface area contributed by atoms with Crippen LogP contribution in [0, 0.1) is 11.6 Å². The average molecular weight is 217 g/mol. The minimum Gasteiger partial charge on any atom is -0.351 e. The quantitative estimate of drug-likeness (QED) is 0.759. The number of nitrogens with one attached hydrogen (secondary N) is 2. The Balaban J connectivity index is 2.26. The van der Waals surface area contributed by atoms with Crippen molar-refractivity contribution in [2.45, 2.75) is 6.92 Å². The first-order valence-electron chi connectivity index (χ1n) is 4.63. The summed E-state index contributed by atoms with van der Waals surface area (Å²) in [5, 5.41) is 3.15. The Morgan fingerprint density at radius 2 is 2.20 bits per heavy atom. The highest BCUT2D eigenvalue weighted by Gasteiger charge is 1.96. The smallest absolute Gasteiger partial charge is 0.130 e. The summed E-state index contributed by atoms with van der Waals surface area (Å²) >= 11 is 5.13. The highest BCUT2D eigenvalue weighted by Crippen LogP contribution is 2.14. The van der Waals surface area contributed by atoms with E-state index >= 15 is 0 Å². The second-order valence-electron chi connectivity index (χ2n) is 3.26. The molecular formula is C11H11N3S. The summed E-state index contributed by atoms with van der Waals surface area (Å²) in [4.78, 5) is 7.20. The number of aryl methyl sites for hydroxylation is 1. The molecule has 0 saturated heterocycles. The second-order valence-corrected chi connectivity index (χ2v) is 3.67. The van der Waals surface area contributed by atoms with Crippen LogP contribution < -0.4 is 5.32 Å². The van der Waals surface area contributed by atoms with E-state index in [1.165, 1.54) is 0 Å². The summed E-state index contributed by atoms with van der Waals surface area (Å²) < 4.78 is 0.680. The van der Waals surface area contributed by atoms with Gasteiger partial charge in [0.25, 0.3) is 0 Å². The zero-order valence-electron chi connectivity index (χ0n) is 8.32. The molecule has 15 heavy (non-hydrogen) atoms. The molecule has 76 valence electrons. The Bertz CT molecular complexity index is 502. The van der Waals surface area contributed by atoms with Crippen molar-refractivity contribution in [1.82, 2.24) is 9.97 Å². The van der Waals surface area contributed by atoms with Gasteiger partial charge in [0.2, 0.25) is 0 Å². The largest absolute Gasteiger partial charge is 0.351 e. The van der Waals surface area contributed by atoms with Gasteiger partial charge in [-0.1, -0.05) is 18.3 Å². The minimum atomic E-state index is 0.680. The molecular weight excluding hydrogens is 206 g/mol. The maximum atomic E-state index is 5.13. The van der Waals surface area contributed by atoms with Crippen molar-refractivity contribution in [3.05, 3.63) is 46.9 Å². The second kappa shape index (κ2) is 4.23. The molecule has 3 nitrogen and oxygen atoms in total. The average Bonchev–Trinajstić information content (AvgIpc) is 2.25. The van der Waals surface area contributed by atoms with Crippen LogP contribution in [0.25, 0.3) is 0 Å². The summed E-state index contributed by atoms with van der Waals surface area (Å²) in [5.74, 6) is 0.798. The molecule has 0 aromatic carbocycles. The minimum absolute atomic E-state index is 0.680. The molecule has 0 saturated carbocycles. The number of rotatable bonds is 2. The third-order valence-electron chi connectivity index (χ3n) is 1.99. The molecule has 0 aliphatic carbocycles. The summed E-state index contributed by atoms with van der Waals surface area (Å²) in [6.45, 7) is 2.01. The molecule has 0 fully saturated rings. The van der Waals surface area contributed by atoms with Gasteiger partial charge in [-0.05, 0) is 30.7 Å². The lowest BCUT2D eigenvalue weighted by Gasteiger charge is -2.04. The fourth-order valence-corrected chi connectivity index (χ4v) is 1.39. The first-order valence-corrected chi connectivity index (χ1v) is 5.04. The van der Waals surface area contributed by atoms with E-state index in [1.807, 2.05) is 37.4 Å². The molecule has 2 rings (SSSR count). The van der Waals surface area contributed by atoms with Crippen LogP contribution in [0.5, 0.6) is 0 Å². The molecule has 0 bridgehead atoms. The van der Waals surface area contributed by atoms with Gasteiger partial charge in [-0.3, -0.25) is 0 Å². The van der Waals surface area contributed by atoms with Crippen molar-refractivity contribution in [2.75, 3.05) is 5.32 Å². The molecule has 0 unspecified atom stereocenters. The predicted molar refractivity (Wildman–Crippen MR) is 63.9 cm³/mol. The van der Waals surface area contributed by atoms with Crippen LogP contribution >= 0.6 is 12.2 Å². The number of hydrogen-bond acceptors (Lipinski definition) is 3. The van der Waals surface area contributed by atoms with Crippen molar-refractivity contribution < 1.29 is 0 Å². The number of nitrogens with zero attached hydrogens (tertiary/aromatic N) is 1. The molecule has 0 radical (unpaired) electrons.